The molecule has 1 atom stereocenters. The van der Waals surface area contributed by atoms with Crippen molar-refractivity contribution in [1.29, 1.82) is 0 Å². The third kappa shape index (κ3) is 2.95. The third-order valence-electron chi connectivity index (χ3n) is 4.48. The largest absolute Gasteiger partial charge is 0.361 e. The Morgan fingerprint density at radius 1 is 1.12 bits per heavy atom. The molecule has 1 amide bonds. The smallest absolute Gasteiger partial charge is 0.246 e. The van der Waals surface area contributed by atoms with Crippen molar-refractivity contribution < 1.29 is 4.79 Å². The summed E-state index contributed by atoms with van der Waals surface area (Å²) in [6.45, 7) is 2.00. The molecule has 3 aromatic rings. The number of carbonyl (C=O) groups is 1. The van der Waals surface area contributed by atoms with Crippen molar-refractivity contribution >= 4 is 50.8 Å². The van der Waals surface area contributed by atoms with Gasteiger partial charge in [-0.1, -0.05) is 53.8 Å². The molecule has 0 bridgehead atoms. The van der Waals surface area contributed by atoms with Gasteiger partial charge in [0.05, 0.1) is 10.9 Å². The summed E-state index contributed by atoms with van der Waals surface area (Å²) in [5, 5.41) is 0.254. The minimum Gasteiger partial charge on any atom is -0.361 e. The number of rotatable bonds is 3. The number of pyridine rings is 1. The molecule has 0 spiro atoms. The van der Waals surface area contributed by atoms with Gasteiger partial charge in [0, 0.05) is 22.7 Å². The zero-order chi connectivity index (χ0) is 18.3. The van der Waals surface area contributed by atoms with E-state index < -0.39 is 0 Å². The number of aromatic nitrogens is 1. The lowest BCUT2D eigenvalue weighted by Crippen LogP contribution is -2.32. The third-order valence-corrected chi connectivity index (χ3v) is 5.99. The first-order chi connectivity index (χ1) is 12.5. The number of H-pyrrole nitrogens is 1. The number of aryl methyl sites for hydroxylation is 1. The minimum absolute atomic E-state index is 0.0348. The normalized spacial score (nSPS) is 17.3. The van der Waals surface area contributed by atoms with Crippen LogP contribution in [-0.2, 0) is 11.2 Å². The van der Waals surface area contributed by atoms with E-state index >= 15 is 0 Å². The summed E-state index contributed by atoms with van der Waals surface area (Å²) in [5.74, 6) is -0.0728. The van der Waals surface area contributed by atoms with Crippen LogP contribution in [0.25, 0.3) is 10.9 Å². The van der Waals surface area contributed by atoms with E-state index in [1.807, 2.05) is 49.4 Å². The van der Waals surface area contributed by atoms with E-state index in [1.54, 1.807) is 17.2 Å². The highest BCUT2D eigenvalue weighted by Crippen LogP contribution is 2.33. The summed E-state index contributed by atoms with van der Waals surface area (Å²) in [6.07, 6.45) is 2.06. The number of para-hydroxylation sites is 1. The van der Waals surface area contributed by atoms with Gasteiger partial charge in [-0.3, -0.25) is 14.5 Å². The maximum absolute atomic E-state index is 12.9. The zero-order valence-electron chi connectivity index (χ0n) is 14.1. The average molecular weight is 380 g/mol. The predicted octanol–water partition coefficient (Wildman–Crippen LogP) is 3.81. The molecule has 2 aromatic carbocycles. The lowest BCUT2D eigenvalue weighted by atomic mass is 10.1. The number of amides is 1. The molecule has 4 nitrogen and oxygen atoms in total. The molecule has 1 aliphatic rings. The number of nitrogens with one attached hydrogen (secondary N) is 1. The van der Waals surface area contributed by atoms with Crippen LogP contribution < -0.4 is 10.3 Å². The molecule has 1 unspecified atom stereocenters. The fourth-order valence-corrected chi connectivity index (χ4v) is 4.63. The van der Waals surface area contributed by atoms with Crippen molar-refractivity contribution in [3.63, 3.8) is 0 Å². The van der Waals surface area contributed by atoms with Gasteiger partial charge in [-0.15, -0.1) is 0 Å². The van der Waals surface area contributed by atoms with Gasteiger partial charge >= 0.3 is 0 Å². The maximum atomic E-state index is 12.9. The highest BCUT2D eigenvalue weighted by molar-refractivity contribution is 8.25. The first-order valence-electron chi connectivity index (χ1n) is 8.25. The van der Waals surface area contributed by atoms with Gasteiger partial charge in [0.1, 0.15) is 4.32 Å². The van der Waals surface area contributed by atoms with Crippen LogP contribution in [0.4, 0.5) is 5.69 Å². The fourth-order valence-electron chi connectivity index (χ4n) is 3.08. The molecule has 1 N–H and O–H groups in total. The van der Waals surface area contributed by atoms with Crippen molar-refractivity contribution in [2.75, 3.05) is 4.90 Å². The number of hydrogen-bond donors (Lipinski definition) is 1. The Kier molecular flexibility index (Phi) is 4.38. The number of aromatic amines is 1. The van der Waals surface area contributed by atoms with Gasteiger partial charge in [-0.2, -0.15) is 0 Å². The van der Waals surface area contributed by atoms with E-state index in [9.17, 15) is 9.59 Å². The molecule has 6 heteroatoms. The molecule has 0 radical (unpaired) electrons. The van der Waals surface area contributed by atoms with Gasteiger partial charge in [0.15, 0.2) is 5.43 Å². The van der Waals surface area contributed by atoms with Crippen LogP contribution in [0.2, 0.25) is 0 Å². The van der Waals surface area contributed by atoms with Crippen molar-refractivity contribution in [3.8, 4) is 0 Å². The van der Waals surface area contributed by atoms with Gasteiger partial charge in [0.25, 0.3) is 0 Å². The lowest BCUT2D eigenvalue weighted by Gasteiger charge is -2.15. The zero-order valence-corrected chi connectivity index (χ0v) is 15.7. The second kappa shape index (κ2) is 6.70. The maximum Gasteiger partial charge on any atom is 0.246 e. The predicted molar refractivity (Wildman–Crippen MR) is 111 cm³/mol. The van der Waals surface area contributed by atoms with E-state index in [0.29, 0.717) is 21.7 Å². The monoisotopic (exact) mass is 380 g/mol. The van der Waals surface area contributed by atoms with Crippen LogP contribution in [0.3, 0.4) is 0 Å². The van der Waals surface area contributed by atoms with Crippen molar-refractivity contribution in [2.45, 2.75) is 18.6 Å². The SMILES string of the molecule is Cc1ccc(N2C(=O)C(Cc3c[nH]c4ccccc4c3=O)SC2=S)cc1. The molecule has 130 valence electrons. The average Bonchev–Trinajstić information content (AvgIpc) is 2.92. The summed E-state index contributed by atoms with van der Waals surface area (Å²) in [5.41, 5.74) is 3.25. The summed E-state index contributed by atoms with van der Waals surface area (Å²) < 4.78 is 0.529. The number of thiocarbonyl (C=S) groups is 1. The van der Waals surface area contributed by atoms with E-state index in [4.69, 9.17) is 12.2 Å². The highest BCUT2D eigenvalue weighted by atomic mass is 32.2. The van der Waals surface area contributed by atoms with Crippen molar-refractivity contribution in [1.82, 2.24) is 4.98 Å². The number of thioether (sulfide) groups is 1. The Hall–Kier alpha value is -2.44. The Morgan fingerprint density at radius 2 is 1.85 bits per heavy atom. The molecule has 0 aliphatic carbocycles. The Morgan fingerprint density at radius 3 is 2.62 bits per heavy atom. The Bertz CT molecular complexity index is 1070. The van der Waals surface area contributed by atoms with E-state index in [0.717, 1.165) is 16.8 Å². The topological polar surface area (TPSA) is 53.2 Å². The van der Waals surface area contributed by atoms with Crippen LogP contribution in [0.5, 0.6) is 0 Å². The van der Waals surface area contributed by atoms with Crippen LogP contribution in [0, 0.1) is 6.92 Å². The molecule has 1 aliphatic heterocycles. The Balaban J connectivity index is 1.63. The number of anilines is 1. The molecule has 0 saturated carbocycles. The first-order valence-corrected chi connectivity index (χ1v) is 9.54. The molecule has 1 aromatic heterocycles. The summed E-state index contributed by atoms with van der Waals surface area (Å²) >= 11 is 6.76. The molecule has 1 saturated heterocycles. The van der Waals surface area contributed by atoms with E-state index in [1.165, 1.54) is 11.8 Å². The van der Waals surface area contributed by atoms with E-state index in [-0.39, 0.29) is 16.6 Å². The summed E-state index contributed by atoms with van der Waals surface area (Å²) in [4.78, 5) is 30.3. The number of nitrogens with zero attached hydrogens (tertiary/aromatic N) is 1. The number of hydrogen-bond acceptors (Lipinski definition) is 4. The number of benzene rings is 2. The lowest BCUT2D eigenvalue weighted by molar-refractivity contribution is -0.116. The molecule has 26 heavy (non-hydrogen) atoms. The molecule has 4 rings (SSSR count). The highest BCUT2D eigenvalue weighted by Gasteiger charge is 2.38. The molecule has 2 heterocycles. The van der Waals surface area contributed by atoms with Gasteiger partial charge < -0.3 is 4.98 Å². The van der Waals surface area contributed by atoms with Crippen LogP contribution >= 0.6 is 24.0 Å². The summed E-state index contributed by atoms with van der Waals surface area (Å²) in [7, 11) is 0. The number of fused-ring (bicyclic) bond motifs is 1. The fraction of sp³-hybridized carbons (Fsp3) is 0.150. The summed E-state index contributed by atoms with van der Waals surface area (Å²) in [6, 6.07) is 15.1. The van der Waals surface area contributed by atoms with Gasteiger partial charge in [-0.25, -0.2) is 0 Å². The minimum atomic E-state index is -0.383. The second-order valence-corrected chi connectivity index (χ2v) is 8.11. The molecular weight excluding hydrogens is 364 g/mol. The van der Waals surface area contributed by atoms with Crippen molar-refractivity contribution in [3.05, 3.63) is 76.1 Å². The first kappa shape index (κ1) is 17.0. The van der Waals surface area contributed by atoms with Crippen molar-refractivity contribution in [2.24, 2.45) is 0 Å². The molecular formula is C20H16N2O2S2. The quantitative estimate of drug-likeness (QED) is 0.702. The van der Waals surface area contributed by atoms with Crippen LogP contribution in [0.1, 0.15) is 11.1 Å². The second-order valence-electron chi connectivity index (χ2n) is 6.27. The standard InChI is InChI=1S/C20H16N2O2S2/c1-12-6-8-14(9-7-12)22-19(24)17(26-20(22)25)10-13-11-21-16-5-3-2-4-15(16)18(13)23/h2-9,11,17H,10H2,1H3,(H,21,23). The van der Waals surface area contributed by atoms with Gasteiger partial charge in [-0.05, 0) is 37.6 Å². The Labute approximate surface area is 160 Å². The van der Waals surface area contributed by atoms with Crippen LogP contribution in [-0.4, -0.2) is 20.5 Å². The van der Waals surface area contributed by atoms with Gasteiger partial charge in [0.2, 0.25) is 5.91 Å². The number of carbonyl (C=O) groups excluding carboxylic acids is 1. The van der Waals surface area contributed by atoms with E-state index in [2.05, 4.69) is 4.98 Å². The van der Waals surface area contributed by atoms with Crippen LogP contribution in [0.15, 0.2) is 59.5 Å². The molecule has 1 fully saturated rings.